The summed E-state index contributed by atoms with van der Waals surface area (Å²) in [7, 11) is 1.64. The molecule has 0 fully saturated rings. The monoisotopic (exact) mass is 361 g/mol. The summed E-state index contributed by atoms with van der Waals surface area (Å²) in [6, 6.07) is 16.3. The van der Waals surface area contributed by atoms with Crippen LogP contribution in [0.3, 0.4) is 0 Å². The summed E-state index contributed by atoms with van der Waals surface area (Å²) in [5, 5.41) is 14.3. The molecule has 0 aliphatic carbocycles. The number of nitrogens with one attached hydrogen (secondary N) is 1. The number of thioether (sulfide) groups is 1. The standard InChI is InChI=1S/C21H19N3OS/c1-14(11-22)12-24-21-18-10-16(19-8-7-17(26-3)13-23-19)5-4-15(18)6-9-20(21)25-2/h4-10,13,24H,1,12H2,2-3H3. The predicted octanol–water partition coefficient (Wildman–Crippen LogP) is 5.12. The number of anilines is 1. The lowest BCUT2D eigenvalue weighted by atomic mass is 10.0. The Kier molecular flexibility index (Phi) is 5.45. The van der Waals surface area contributed by atoms with E-state index in [4.69, 9.17) is 10.00 Å². The Labute approximate surface area is 157 Å². The Bertz CT molecular complexity index is 991. The van der Waals surface area contributed by atoms with Gasteiger partial charge < -0.3 is 10.1 Å². The molecule has 0 spiro atoms. The third kappa shape index (κ3) is 3.66. The number of rotatable bonds is 6. The van der Waals surface area contributed by atoms with Crippen molar-refractivity contribution in [3.63, 3.8) is 0 Å². The van der Waals surface area contributed by atoms with Crippen LogP contribution in [0.25, 0.3) is 22.0 Å². The van der Waals surface area contributed by atoms with Gasteiger partial charge in [0.15, 0.2) is 0 Å². The third-order valence-corrected chi connectivity index (χ3v) is 4.82. The second kappa shape index (κ2) is 7.94. The van der Waals surface area contributed by atoms with Crippen molar-refractivity contribution in [2.45, 2.75) is 4.90 Å². The van der Waals surface area contributed by atoms with E-state index in [9.17, 15) is 0 Å². The summed E-state index contributed by atoms with van der Waals surface area (Å²) < 4.78 is 5.50. The molecule has 0 bridgehead atoms. The maximum Gasteiger partial charge on any atom is 0.142 e. The number of ether oxygens (including phenoxy) is 1. The summed E-state index contributed by atoms with van der Waals surface area (Å²) >= 11 is 1.67. The van der Waals surface area contributed by atoms with Gasteiger partial charge in [0.1, 0.15) is 5.75 Å². The van der Waals surface area contributed by atoms with Gasteiger partial charge in [-0.2, -0.15) is 5.26 Å². The fourth-order valence-electron chi connectivity index (χ4n) is 2.72. The molecule has 5 heteroatoms. The first kappa shape index (κ1) is 17.8. The summed E-state index contributed by atoms with van der Waals surface area (Å²) in [5.41, 5.74) is 3.26. The Morgan fingerprint density at radius 2 is 2.08 bits per heavy atom. The van der Waals surface area contributed by atoms with Crippen LogP contribution in [-0.2, 0) is 0 Å². The zero-order valence-corrected chi connectivity index (χ0v) is 15.6. The number of hydrogen-bond donors (Lipinski definition) is 1. The number of aromatic nitrogens is 1. The third-order valence-electron chi connectivity index (χ3n) is 4.11. The predicted molar refractivity (Wildman–Crippen MR) is 109 cm³/mol. The molecular weight excluding hydrogens is 342 g/mol. The summed E-state index contributed by atoms with van der Waals surface area (Å²) in [6.07, 6.45) is 3.91. The van der Waals surface area contributed by atoms with E-state index >= 15 is 0 Å². The number of hydrogen-bond acceptors (Lipinski definition) is 5. The number of nitrogens with zero attached hydrogens (tertiary/aromatic N) is 2. The zero-order valence-electron chi connectivity index (χ0n) is 14.7. The number of pyridine rings is 1. The van der Waals surface area contributed by atoms with Crippen LogP contribution >= 0.6 is 11.8 Å². The summed E-state index contributed by atoms with van der Waals surface area (Å²) in [5.74, 6) is 0.728. The van der Waals surface area contributed by atoms with Crippen LogP contribution in [0.5, 0.6) is 5.75 Å². The van der Waals surface area contributed by atoms with E-state index in [1.165, 1.54) is 0 Å². The molecule has 26 heavy (non-hydrogen) atoms. The van der Waals surface area contributed by atoms with Gasteiger partial charge in [0.2, 0.25) is 0 Å². The largest absolute Gasteiger partial charge is 0.495 e. The Balaban J connectivity index is 2.08. The van der Waals surface area contributed by atoms with Crippen LogP contribution in [0.4, 0.5) is 5.69 Å². The van der Waals surface area contributed by atoms with E-state index in [-0.39, 0.29) is 0 Å². The minimum atomic E-state index is 0.372. The van der Waals surface area contributed by atoms with Gasteiger partial charge in [-0.05, 0) is 35.9 Å². The Morgan fingerprint density at radius 3 is 2.73 bits per heavy atom. The highest BCUT2D eigenvalue weighted by atomic mass is 32.2. The lowest BCUT2D eigenvalue weighted by Crippen LogP contribution is -2.05. The molecule has 4 nitrogen and oxygen atoms in total. The van der Waals surface area contributed by atoms with Crippen molar-refractivity contribution in [2.75, 3.05) is 25.2 Å². The minimum absolute atomic E-state index is 0.372. The van der Waals surface area contributed by atoms with Gasteiger partial charge in [-0.15, -0.1) is 11.8 Å². The highest BCUT2D eigenvalue weighted by molar-refractivity contribution is 7.98. The topological polar surface area (TPSA) is 57.9 Å². The van der Waals surface area contributed by atoms with Gasteiger partial charge in [0, 0.05) is 34.2 Å². The van der Waals surface area contributed by atoms with Crippen molar-refractivity contribution in [1.82, 2.24) is 4.98 Å². The maximum atomic E-state index is 8.96. The Hall–Kier alpha value is -2.97. The van der Waals surface area contributed by atoms with Gasteiger partial charge in [-0.3, -0.25) is 4.98 Å². The van der Waals surface area contributed by atoms with Crippen LogP contribution < -0.4 is 10.1 Å². The second-order valence-electron chi connectivity index (χ2n) is 5.73. The van der Waals surface area contributed by atoms with E-state index in [0.29, 0.717) is 12.1 Å². The summed E-state index contributed by atoms with van der Waals surface area (Å²) in [6.45, 7) is 4.10. The minimum Gasteiger partial charge on any atom is -0.495 e. The molecule has 1 N–H and O–H groups in total. The summed E-state index contributed by atoms with van der Waals surface area (Å²) in [4.78, 5) is 5.69. The molecule has 0 saturated heterocycles. The molecule has 0 aliphatic heterocycles. The number of methoxy groups -OCH3 is 1. The van der Waals surface area contributed by atoms with E-state index in [0.717, 1.165) is 38.4 Å². The molecule has 130 valence electrons. The van der Waals surface area contributed by atoms with Crippen molar-refractivity contribution in [1.29, 1.82) is 5.26 Å². The molecule has 0 aliphatic rings. The SMILES string of the molecule is C=C(C#N)CNc1c(OC)ccc2ccc(-c3ccc(SC)cn3)cc12. The van der Waals surface area contributed by atoms with Gasteiger partial charge >= 0.3 is 0 Å². The van der Waals surface area contributed by atoms with E-state index < -0.39 is 0 Å². The first-order valence-corrected chi connectivity index (χ1v) is 9.31. The van der Waals surface area contributed by atoms with Crippen LogP contribution in [0.15, 0.2) is 65.7 Å². The smallest absolute Gasteiger partial charge is 0.142 e. The molecule has 3 rings (SSSR count). The number of nitriles is 1. The molecule has 3 aromatic rings. The van der Waals surface area contributed by atoms with E-state index in [1.807, 2.05) is 30.7 Å². The van der Waals surface area contributed by atoms with Crippen LogP contribution in [0.2, 0.25) is 0 Å². The van der Waals surface area contributed by atoms with Gasteiger partial charge in [0.25, 0.3) is 0 Å². The molecule has 1 aromatic heterocycles. The van der Waals surface area contributed by atoms with E-state index in [1.54, 1.807) is 18.9 Å². The van der Waals surface area contributed by atoms with Crippen molar-refractivity contribution in [3.8, 4) is 23.1 Å². The second-order valence-corrected chi connectivity index (χ2v) is 6.61. The van der Waals surface area contributed by atoms with Crippen molar-refractivity contribution >= 4 is 28.2 Å². The molecule has 0 amide bonds. The average molecular weight is 361 g/mol. The first-order valence-electron chi connectivity index (χ1n) is 8.09. The molecule has 0 saturated carbocycles. The van der Waals surface area contributed by atoms with Crippen LogP contribution in [0.1, 0.15) is 0 Å². The normalized spacial score (nSPS) is 10.3. The average Bonchev–Trinajstić information content (AvgIpc) is 2.71. The van der Waals surface area contributed by atoms with Crippen LogP contribution in [0, 0.1) is 11.3 Å². The first-order chi connectivity index (χ1) is 12.7. The van der Waals surface area contributed by atoms with Gasteiger partial charge in [-0.1, -0.05) is 24.8 Å². The zero-order chi connectivity index (χ0) is 18.5. The van der Waals surface area contributed by atoms with Gasteiger partial charge in [-0.25, -0.2) is 0 Å². The highest BCUT2D eigenvalue weighted by Crippen LogP contribution is 2.35. The van der Waals surface area contributed by atoms with Crippen molar-refractivity contribution in [3.05, 3.63) is 60.8 Å². The number of fused-ring (bicyclic) bond motifs is 1. The quantitative estimate of drug-likeness (QED) is 0.487. The molecular formula is C21H19N3OS. The maximum absolute atomic E-state index is 8.96. The molecule has 0 atom stereocenters. The molecule has 1 heterocycles. The van der Waals surface area contributed by atoms with Crippen LogP contribution in [-0.4, -0.2) is 24.9 Å². The fourth-order valence-corrected chi connectivity index (χ4v) is 3.08. The number of benzene rings is 2. The van der Waals surface area contributed by atoms with Crippen molar-refractivity contribution < 1.29 is 4.74 Å². The highest BCUT2D eigenvalue weighted by Gasteiger charge is 2.10. The van der Waals surface area contributed by atoms with Crippen molar-refractivity contribution in [2.24, 2.45) is 0 Å². The van der Waals surface area contributed by atoms with Gasteiger partial charge in [0.05, 0.1) is 24.6 Å². The Morgan fingerprint density at radius 1 is 1.27 bits per heavy atom. The van der Waals surface area contributed by atoms with E-state index in [2.05, 4.69) is 47.2 Å². The lowest BCUT2D eigenvalue weighted by molar-refractivity contribution is 0.417. The molecule has 2 aromatic carbocycles. The molecule has 0 unspecified atom stereocenters. The molecule has 0 radical (unpaired) electrons. The lowest BCUT2D eigenvalue weighted by Gasteiger charge is -2.15. The fraction of sp³-hybridized carbons (Fsp3) is 0.143.